The van der Waals surface area contributed by atoms with Gasteiger partial charge < -0.3 is 9.67 Å². The molecule has 1 heterocycles. The average Bonchev–Trinajstić information content (AvgIpc) is 2.74. The first-order valence-electron chi connectivity index (χ1n) is 5.91. The zero-order valence-corrected chi connectivity index (χ0v) is 11.8. The minimum Gasteiger partial charge on any atom is -0.481 e. The van der Waals surface area contributed by atoms with Crippen LogP contribution in [-0.2, 0) is 11.3 Å². The number of benzene rings is 1. The van der Waals surface area contributed by atoms with Crippen LogP contribution in [0.4, 0.5) is 0 Å². The van der Waals surface area contributed by atoms with Crippen molar-refractivity contribution in [2.75, 3.05) is 5.75 Å². The lowest BCUT2D eigenvalue weighted by Crippen LogP contribution is -2.03. The lowest BCUT2D eigenvalue weighted by atomic mass is 10.2. The second kappa shape index (κ2) is 5.80. The Morgan fingerprint density at radius 1 is 1.60 bits per heavy atom. The number of hydrogen-bond donors (Lipinski definition) is 1. The van der Waals surface area contributed by atoms with Gasteiger partial charge in [-0.15, -0.1) is 0 Å². The Hall–Kier alpha value is -2.26. The molecule has 0 spiro atoms. The highest BCUT2D eigenvalue weighted by molar-refractivity contribution is 7.99. The van der Waals surface area contributed by atoms with Crippen LogP contribution in [0.15, 0.2) is 35.5 Å². The van der Waals surface area contributed by atoms with Gasteiger partial charge in [-0.1, -0.05) is 30.0 Å². The SMILES string of the molecule is C=C(C)Cn1c(SCC(=O)O)nc2c(C#N)cccc21. The number of para-hydroxylation sites is 1. The third-order valence-corrected chi connectivity index (χ3v) is 3.58. The molecule has 5 nitrogen and oxygen atoms in total. The van der Waals surface area contributed by atoms with Crippen LogP contribution in [0.3, 0.4) is 0 Å². The lowest BCUT2D eigenvalue weighted by molar-refractivity contribution is -0.133. The Kier molecular flexibility index (Phi) is 4.11. The highest BCUT2D eigenvalue weighted by Gasteiger charge is 2.15. The molecule has 102 valence electrons. The Morgan fingerprint density at radius 2 is 2.35 bits per heavy atom. The summed E-state index contributed by atoms with van der Waals surface area (Å²) in [6.45, 7) is 6.32. The standard InChI is InChI=1S/C14H13N3O2S/c1-9(2)7-17-11-5-3-4-10(6-15)13(11)16-14(17)20-8-12(18)19/h3-5H,1,7-8H2,2H3,(H,18,19). The van der Waals surface area contributed by atoms with Crippen molar-refractivity contribution < 1.29 is 9.90 Å². The van der Waals surface area contributed by atoms with Crippen LogP contribution in [0.5, 0.6) is 0 Å². The van der Waals surface area contributed by atoms with Crippen molar-refractivity contribution in [3.8, 4) is 6.07 Å². The van der Waals surface area contributed by atoms with Crippen LogP contribution < -0.4 is 0 Å². The van der Waals surface area contributed by atoms with Crippen molar-refractivity contribution >= 4 is 28.8 Å². The second-order valence-corrected chi connectivity index (χ2v) is 5.35. The van der Waals surface area contributed by atoms with Crippen LogP contribution in [-0.4, -0.2) is 26.4 Å². The van der Waals surface area contributed by atoms with E-state index in [1.54, 1.807) is 12.1 Å². The average molecular weight is 287 g/mol. The smallest absolute Gasteiger partial charge is 0.313 e. The maximum atomic E-state index is 10.7. The molecule has 0 unspecified atom stereocenters. The summed E-state index contributed by atoms with van der Waals surface area (Å²) in [5.74, 6) is -0.967. The number of hydrogen-bond acceptors (Lipinski definition) is 4. The van der Waals surface area contributed by atoms with Gasteiger partial charge in [0, 0.05) is 6.54 Å². The van der Waals surface area contributed by atoms with E-state index in [1.807, 2.05) is 17.6 Å². The van der Waals surface area contributed by atoms with E-state index < -0.39 is 5.97 Å². The van der Waals surface area contributed by atoms with Crippen molar-refractivity contribution in [2.24, 2.45) is 0 Å². The van der Waals surface area contributed by atoms with Crippen molar-refractivity contribution in [1.29, 1.82) is 5.26 Å². The summed E-state index contributed by atoms with van der Waals surface area (Å²) in [6.07, 6.45) is 0. The Balaban J connectivity index is 2.56. The van der Waals surface area contributed by atoms with Gasteiger partial charge in [0.15, 0.2) is 5.16 Å². The van der Waals surface area contributed by atoms with Crippen molar-refractivity contribution in [3.63, 3.8) is 0 Å². The zero-order chi connectivity index (χ0) is 14.7. The number of aliphatic carboxylic acids is 1. The topological polar surface area (TPSA) is 78.9 Å². The molecule has 0 amide bonds. The summed E-state index contributed by atoms with van der Waals surface area (Å²) in [5, 5.41) is 18.5. The summed E-state index contributed by atoms with van der Waals surface area (Å²) in [4.78, 5) is 15.1. The maximum Gasteiger partial charge on any atom is 0.313 e. The summed E-state index contributed by atoms with van der Waals surface area (Å²) in [7, 11) is 0. The molecule has 1 aromatic carbocycles. The normalized spacial score (nSPS) is 10.4. The van der Waals surface area contributed by atoms with Gasteiger partial charge in [0.1, 0.15) is 11.6 Å². The minimum atomic E-state index is -0.899. The van der Waals surface area contributed by atoms with Crippen LogP contribution in [0.25, 0.3) is 11.0 Å². The molecule has 1 N–H and O–H groups in total. The molecule has 0 bridgehead atoms. The summed E-state index contributed by atoms with van der Waals surface area (Å²) < 4.78 is 1.89. The molecule has 2 aromatic rings. The number of fused-ring (bicyclic) bond motifs is 1. The fourth-order valence-electron chi connectivity index (χ4n) is 1.88. The molecule has 0 aliphatic heterocycles. The number of carboxylic acids is 1. The lowest BCUT2D eigenvalue weighted by Gasteiger charge is -2.07. The van der Waals surface area contributed by atoms with Crippen LogP contribution in [0, 0.1) is 11.3 Å². The molecule has 0 radical (unpaired) electrons. The fourth-order valence-corrected chi connectivity index (χ4v) is 2.60. The summed E-state index contributed by atoms with van der Waals surface area (Å²) in [6, 6.07) is 7.47. The first-order valence-corrected chi connectivity index (χ1v) is 6.90. The van der Waals surface area contributed by atoms with E-state index in [0.717, 1.165) is 22.9 Å². The number of imidazole rings is 1. The zero-order valence-electron chi connectivity index (χ0n) is 11.0. The van der Waals surface area contributed by atoms with E-state index >= 15 is 0 Å². The second-order valence-electron chi connectivity index (χ2n) is 4.41. The maximum absolute atomic E-state index is 10.7. The molecule has 0 aliphatic rings. The summed E-state index contributed by atoms with van der Waals surface area (Å²) in [5.41, 5.74) is 2.84. The van der Waals surface area contributed by atoms with Gasteiger partial charge in [0.05, 0.1) is 16.8 Å². The Morgan fingerprint density at radius 3 is 2.95 bits per heavy atom. The van der Waals surface area contributed by atoms with Crippen molar-refractivity contribution in [2.45, 2.75) is 18.6 Å². The highest BCUT2D eigenvalue weighted by Crippen LogP contribution is 2.26. The van der Waals surface area contributed by atoms with Gasteiger partial charge in [-0.2, -0.15) is 5.26 Å². The third kappa shape index (κ3) is 2.83. The first-order chi connectivity index (χ1) is 9.52. The molecular weight excluding hydrogens is 274 g/mol. The largest absolute Gasteiger partial charge is 0.481 e. The third-order valence-electron chi connectivity index (χ3n) is 2.62. The van der Waals surface area contributed by atoms with Gasteiger partial charge in [-0.3, -0.25) is 4.79 Å². The molecule has 0 atom stereocenters. The van der Waals surface area contributed by atoms with Crippen LogP contribution in [0.1, 0.15) is 12.5 Å². The van der Waals surface area contributed by atoms with E-state index in [4.69, 9.17) is 10.4 Å². The molecule has 0 fully saturated rings. The fraction of sp³-hybridized carbons (Fsp3) is 0.214. The predicted molar refractivity (Wildman–Crippen MR) is 77.6 cm³/mol. The Labute approximate surface area is 120 Å². The number of carbonyl (C=O) groups is 1. The quantitative estimate of drug-likeness (QED) is 0.675. The van der Waals surface area contributed by atoms with Gasteiger partial charge >= 0.3 is 5.97 Å². The van der Waals surface area contributed by atoms with E-state index in [0.29, 0.717) is 22.8 Å². The number of nitriles is 1. The predicted octanol–water partition coefficient (Wildman–Crippen LogP) is 2.66. The molecule has 0 saturated heterocycles. The van der Waals surface area contributed by atoms with Gasteiger partial charge in [-0.25, -0.2) is 4.98 Å². The van der Waals surface area contributed by atoms with E-state index in [1.165, 1.54) is 0 Å². The minimum absolute atomic E-state index is 0.0681. The van der Waals surface area contributed by atoms with Crippen LogP contribution >= 0.6 is 11.8 Å². The number of rotatable bonds is 5. The van der Waals surface area contributed by atoms with Gasteiger partial charge in [0.25, 0.3) is 0 Å². The number of thioether (sulfide) groups is 1. The molecule has 6 heteroatoms. The number of allylic oxidation sites excluding steroid dienone is 1. The van der Waals surface area contributed by atoms with E-state index in [-0.39, 0.29) is 5.75 Å². The molecule has 20 heavy (non-hydrogen) atoms. The van der Waals surface area contributed by atoms with E-state index in [9.17, 15) is 4.79 Å². The number of nitrogens with zero attached hydrogens (tertiary/aromatic N) is 3. The van der Waals surface area contributed by atoms with Gasteiger partial charge in [0.2, 0.25) is 0 Å². The van der Waals surface area contributed by atoms with E-state index in [2.05, 4.69) is 17.6 Å². The highest BCUT2D eigenvalue weighted by atomic mass is 32.2. The molecule has 2 rings (SSSR count). The number of carboxylic acid groups (broad SMARTS) is 1. The van der Waals surface area contributed by atoms with Crippen molar-refractivity contribution in [1.82, 2.24) is 9.55 Å². The van der Waals surface area contributed by atoms with Crippen molar-refractivity contribution in [3.05, 3.63) is 35.9 Å². The van der Waals surface area contributed by atoms with Gasteiger partial charge in [-0.05, 0) is 19.1 Å². The molecule has 0 saturated carbocycles. The van der Waals surface area contributed by atoms with Crippen LogP contribution in [0.2, 0.25) is 0 Å². The number of aromatic nitrogens is 2. The molecule has 1 aromatic heterocycles. The first kappa shape index (κ1) is 14.2. The molecule has 0 aliphatic carbocycles. The monoisotopic (exact) mass is 287 g/mol. The molecular formula is C14H13N3O2S. The Bertz CT molecular complexity index is 728. The summed E-state index contributed by atoms with van der Waals surface area (Å²) >= 11 is 1.14.